The molecule has 19 heavy (non-hydrogen) atoms. The van der Waals surface area contributed by atoms with Gasteiger partial charge < -0.3 is 5.73 Å². The van der Waals surface area contributed by atoms with E-state index >= 15 is 0 Å². The van der Waals surface area contributed by atoms with E-state index in [1.54, 1.807) is 6.07 Å². The van der Waals surface area contributed by atoms with Crippen LogP contribution in [0.4, 0.5) is 11.5 Å². The summed E-state index contributed by atoms with van der Waals surface area (Å²) in [6.45, 7) is 3.88. The van der Waals surface area contributed by atoms with Crippen molar-refractivity contribution in [1.29, 1.82) is 0 Å². The van der Waals surface area contributed by atoms with Crippen LogP contribution in [0.5, 0.6) is 0 Å². The summed E-state index contributed by atoms with van der Waals surface area (Å²) in [6.07, 6.45) is 0. The second-order valence-electron chi connectivity index (χ2n) is 4.32. The first-order chi connectivity index (χ1) is 8.91. The molecule has 2 N–H and O–H groups in total. The highest BCUT2D eigenvalue weighted by Gasteiger charge is 2.19. The molecule has 100 valence electrons. The lowest BCUT2D eigenvalue weighted by Gasteiger charge is -2.09. The number of anilines is 1. The van der Waals surface area contributed by atoms with Crippen molar-refractivity contribution in [1.82, 2.24) is 15.0 Å². The molecule has 0 fully saturated rings. The number of nitrogens with zero attached hydrogens (tertiary/aromatic N) is 4. The Balaban J connectivity index is 2.60. The maximum Gasteiger partial charge on any atom is 0.290 e. The van der Waals surface area contributed by atoms with Gasteiger partial charge in [-0.15, -0.1) is 5.10 Å². The van der Waals surface area contributed by atoms with Gasteiger partial charge in [0.25, 0.3) is 5.69 Å². The minimum absolute atomic E-state index is 0.0768. The van der Waals surface area contributed by atoms with Gasteiger partial charge in [0.2, 0.25) is 0 Å². The van der Waals surface area contributed by atoms with Gasteiger partial charge in [-0.25, -0.2) is 4.68 Å². The number of nitrogen functional groups attached to an aromatic ring is 1. The number of aromatic nitrogens is 3. The van der Waals surface area contributed by atoms with Crippen LogP contribution in [0, 0.1) is 10.1 Å². The van der Waals surface area contributed by atoms with Crippen molar-refractivity contribution in [3.05, 3.63) is 39.0 Å². The van der Waals surface area contributed by atoms with Gasteiger partial charge in [-0.1, -0.05) is 30.7 Å². The highest BCUT2D eigenvalue weighted by Crippen LogP contribution is 2.29. The van der Waals surface area contributed by atoms with E-state index in [1.165, 1.54) is 16.8 Å². The first-order valence-corrected chi connectivity index (χ1v) is 5.95. The molecule has 0 saturated heterocycles. The monoisotopic (exact) mass is 281 g/mol. The Hall–Kier alpha value is -2.15. The molecule has 7 nitrogen and oxygen atoms in total. The number of halogens is 1. The number of nitro benzene ring substituents is 1. The molecule has 0 aliphatic carbocycles. The molecule has 0 unspecified atom stereocenters. The lowest BCUT2D eigenvalue weighted by atomic mass is 10.1. The zero-order chi connectivity index (χ0) is 14.2. The van der Waals surface area contributed by atoms with Gasteiger partial charge in [0, 0.05) is 6.07 Å². The van der Waals surface area contributed by atoms with Gasteiger partial charge in [-0.05, 0) is 18.1 Å². The van der Waals surface area contributed by atoms with Crippen molar-refractivity contribution in [2.75, 3.05) is 5.73 Å². The molecule has 2 rings (SSSR count). The van der Waals surface area contributed by atoms with Crippen molar-refractivity contribution < 1.29 is 4.92 Å². The van der Waals surface area contributed by atoms with E-state index in [4.69, 9.17) is 17.3 Å². The second kappa shape index (κ2) is 4.85. The summed E-state index contributed by atoms with van der Waals surface area (Å²) in [6, 6.07) is 4.44. The fourth-order valence-electron chi connectivity index (χ4n) is 1.80. The Kier molecular flexibility index (Phi) is 3.39. The van der Waals surface area contributed by atoms with Crippen molar-refractivity contribution in [3.8, 4) is 5.69 Å². The summed E-state index contributed by atoms with van der Waals surface area (Å²) in [5.74, 6) is 0.400. The summed E-state index contributed by atoms with van der Waals surface area (Å²) in [5, 5.41) is 18.7. The van der Waals surface area contributed by atoms with E-state index in [-0.39, 0.29) is 16.6 Å². The molecule has 0 radical (unpaired) electrons. The van der Waals surface area contributed by atoms with E-state index in [0.717, 1.165) is 0 Å². The highest BCUT2D eigenvalue weighted by atomic mass is 35.5. The van der Waals surface area contributed by atoms with E-state index in [1.807, 2.05) is 13.8 Å². The van der Waals surface area contributed by atoms with Gasteiger partial charge in [0.1, 0.15) is 5.02 Å². The smallest absolute Gasteiger partial charge is 0.290 e. The number of benzene rings is 1. The van der Waals surface area contributed by atoms with Crippen molar-refractivity contribution in [3.63, 3.8) is 0 Å². The molecule has 0 spiro atoms. The van der Waals surface area contributed by atoms with Crippen molar-refractivity contribution in [2.45, 2.75) is 19.8 Å². The van der Waals surface area contributed by atoms with Crippen LogP contribution in [0.25, 0.3) is 5.69 Å². The topological polar surface area (TPSA) is 99.9 Å². The van der Waals surface area contributed by atoms with Crippen LogP contribution in [0.15, 0.2) is 18.2 Å². The maximum absolute atomic E-state index is 10.9. The molecule has 2 aromatic rings. The van der Waals surface area contributed by atoms with Crippen LogP contribution >= 0.6 is 11.6 Å². The molecule has 0 aliphatic rings. The number of rotatable bonds is 3. The molecular formula is C11H12ClN5O2. The summed E-state index contributed by atoms with van der Waals surface area (Å²) >= 11 is 5.77. The normalized spacial score (nSPS) is 10.9. The number of hydrogen-bond acceptors (Lipinski definition) is 5. The Bertz CT molecular complexity index is 638. The standard InChI is InChI=1S/C11H12ClN5O2/c1-6(2)10-11(13)14-15-16(10)7-3-4-8(12)9(5-7)17(18)19/h3-6H,13H2,1-2H3. The third kappa shape index (κ3) is 2.37. The molecule has 8 heteroatoms. The fourth-order valence-corrected chi connectivity index (χ4v) is 1.99. The summed E-state index contributed by atoms with van der Waals surface area (Å²) in [5.41, 5.74) is 6.78. The Morgan fingerprint density at radius 1 is 1.47 bits per heavy atom. The first-order valence-electron chi connectivity index (χ1n) is 5.57. The Morgan fingerprint density at radius 3 is 2.74 bits per heavy atom. The molecular weight excluding hydrogens is 270 g/mol. The Labute approximate surface area is 114 Å². The summed E-state index contributed by atoms with van der Waals surface area (Å²) in [4.78, 5) is 10.3. The predicted octanol–water partition coefficient (Wildman–Crippen LogP) is 2.53. The van der Waals surface area contributed by atoms with Gasteiger partial charge in [0.05, 0.1) is 16.3 Å². The third-order valence-electron chi connectivity index (χ3n) is 2.65. The zero-order valence-electron chi connectivity index (χ0n) is 10.4. The van der Waals surface area contributed by atoms with Crippen LogP contribution in [0.1, 0.15) is 25.5 Å². The molecule has 0 bridgehead atoms. The SMILES string of the molecule is CC(C)c1c(N)nnn1-c1ccc(Cl)c([N+](=O)[O-])c1. The zero-order valence-corrected chi connectivity index (χ0v) is 11.1. The van der Waals surface area contributed by atoms with E-state index < -0.39 is 4.92 Å². The number of hydrogen-bond donors (Lipinski definition) is 1. The van der Waals surface area contributed by atoms with Crippen LogP contribution < -0.4 is 5.73 Å². The molecule has 0 amide bonds. The van der Waals surface area contributed by atoms with Gasteiger partial charge in [-0.2, -0.15) is 0 Å². The summed E-state index contributed by atoms with van der Waals surface area (Å²) < 4.78 is 1.49. The minimum Gasteiger partial charge on any atom is -0.381 e. The molecule has 1 aromatic heterocycles. The van der Waals surface area contributed by atoms with E-state index in [9.17, 15) is 10.1 Å². The number of nitro groups is 1. The van der Waals surface area contributed by atoms with Crippen molar-refractivity contribution in [2.24, 2.45) is 0 Å². The fraction of sp³-hybridized carbons (Fsp3) is 0.273. The molecule has 0 saturated carbocycles. The molecule has 0 atom stereocenters. The lowest BCUT2D eigenvalue weighted by Crippen LogP contribution is -2.06. The minimum atomic E-state index is -0.541. The molecule has 1 aromatic carbocycles. The van der Waals surface area contributed by atoms with Crippen LogP contribution in [0.2, 0.25) is 5.02 Å². The lowest BCUT2D eigenvalue weighted by molar-refractivity contribution is -0.384. The first kappa shape index (κ1) is 13.3. The maximum atomic E-state index is 10.9. The number of nitrogens with two attached hydrogens (primary N) is 1. The molecule has 0 aliphatic heterocycles. The predicted molar refractivity (Wildman–Crippen MR) is 71.5 cm³/mol. The van der Waals surface area contributed by atoms with Crippen LogP contribution in [-0.2, 0) is 0 Å². The largest absolute Gasteiger partial charge is 0.381 e. The average molecular weight is 282 g/mol. The van der Waals surface area contributed by atoms with Gasteiger partial charge in [-0.3, -0.25) is 10.1 Å². The van der Waals surface area contributed by atoms with Crippen molar-refractivity contribution >= 4 is 23.1 Å². The average Bonchev–Trinajstić information content (AvgIpc) is 2.71. The Morgan fingerprint density at radius 2 is 2.16 bits per heavy atom. The van der Waals surface area contributed by atoms with Crippen LogP contribution in [-0.4, -0.2) is 19.9 Å². The van der Waals surface area contributed by atoms with E-state index in [2.05, 4.69) is 10.3 Å². The second-order valence-corrected chi connectivity index (χ2v) is 4.73. The quantitative estimate of drug-likeness (QED) is 0.688. The van der Waals surface area contributed by atoms with Crippen LogP contribution in [0.3, 0.4) is 0 Å². The highest BCUT2D eigenvalue weighted by molar-refractivity contribution is 6.32. The van der Waals surface area contributed by atoms with E-state index in [0.29, 0.717) is 17.2 Å². The van der Waals surface area contributed by atoms with Gasteiger partial charge in [0.15, 0.2) is 5.82 Å². The molecule has 1 heterocycles. The van der Waals surface area contributed by atoms with Gasteiger partial charge >= 0.3 is 0 Å². The summed E-state index contributed by atoms with van der Waals surface area (Å²) in [7, 11) is 0. The third-order valence-corrected chi connectivity index (χ3v) is 2.97.